The lowest BCUT2D eigenvalue weighted by atomic mass is 10.1. The van der Waals surface area contributed by atoms with E-state index in [-0.39, 0.29) is 24.9 Å². The van der Waals surface area contributed by atoms with Crippen molar-refractivity contribution in [2.75, 3.05) is 30.4 Å². The van der Waals surface area contributed by atoms with Crippen LogP contribution in [0.5, 0.6) is 11.5 Å². The molecule has 2 aromatic carbocycles. The van der Waals surface area contributed by atoms with Crippen molar-refractivity contribution in [1.29, 1.82) is 0 Å². The van der Waals surface area contributed by atoms with E-state index in [0.29, 0.717) is 28.6 Å². The summed E-state index contributed by atoms with van der Waals surface area (Å²) in [4.78, 5) is 27.5. The average Bonchev–Trinajstić information content (AvgIpc) is 3.27. The fourth-order valence-corrected chi connectivity index (χ4v) is 4.48. The second-order valence-corrected chi connectivity index (χ2v) is 10.2. The monoisotopic (exact) mass is 509 g/mol. The molecule has 1 N–H and O–H groups in total. The van der Waals surface area contributed by atoms with Gasteiger partial charge >= 0.3 is 0 Å². The average molecular weight is 510 g/mol. The zero-order chi connectivity index (χ0) is 24.9. The Kier molecular flexibility index (Phi) is 8.27. The molecular formula is C23H28ClN3O6S. The summed E-state index contributed by atoms with van der Waals surface area (Å²) in [5, 5.41) is 3.23. The van der Waals surface area contributed by atoms with Gasteiger partial charge in [-0.2, -0.15) is 0 Å². The molecule has 1 aliphatic rings. The summed E-state index contributed by atoms with van der Waals surface area (Å²) >= 11 is 6.30. The number of hydrogen-bond donors (Lipinski definition) is 1. The van der Waals surface area contributed by atoms with Gasteiger partial charge in [-0.25, -0.2) is 8.42 Å². The molecular weight excluding hydrogens is 482 g/mol. The number of anilines is 1. The largest absolute Gasteiger partial charge is 0.454 e. The van der Waals surface area contributed by atoms with Crippen molar-refractivity contribution < 1.29 is 27.5 Å². The number of rotatable bonds is 10. The second kappa shape index (κ2) is 11.0. The Bertz CT molecular complexity index is 1160. The van der Waals surface area contributed by atoms with Crippen molar-refractivity contribution >= 4 is 39.1 Å². The first-order valence-corrected chi connectivity index (χ1v) is 13.0. The summed E-state index contributed by atoms with van der Waals surface area (Å²) < 4.78 is 36.9. The molecule has 0 saturated carbocycles. The molecule has 184 valence electrons. The summed E-state index contributed by atoms with van der Waals surface area (Å²) in [5.74, 6) is -0.0117. The van der Waals surface area contributed by atoms with Gasteiger partial charge < -0.3 is 19.7 Å². The molecule has 1 heterocycles. The van der Waals surface area contributed by atoms with Crippen LogP contribution < -0.4 is 19.1 Å². The summed E-state index contributed by atoms with van der Waals surface area (Å²) in [6.07, 6.45) is 1.75. The quantitative estimate of drug-likeness (QED) is 0.528. The van der Waals surface area contributed by atoms with Crippen LogP contribution >= 0.6 is 11.6 Å². The van der Waals surface area contributed by atoms with Gasteiger partial charge in [0.15, 0.2) is 11.5 Å². The Morgan fingerprint density at radius 2 is 1.85 bits per heavy atom. The number of carbonyl (C=O) groups is 2. The minimum atomic E-state index is -3.84. The lowest BCUT2D eigenvalue weighted by molar-refractivity contribution is -0.139. The smallest absolute Gasteiger partial charge is 0.244 e. The predicted molar refractivity (Wildman–Crippen MR) is 130 cm³/mol. The van der Waals surface area contributed by atoms with Crippen molar-refractivity contribution in [2.24, 2.45) is 0 Å². The first kappa shape index (κ1) is 25.6. The van der Waals surface area contributed by atoms with Gasteiger partial charge in [0.05, 0.1) is 11.9 Å². The summed E-state index contributed by atoms with van der Waals surface area (Å²) in [6.45, 7) is 3.56. The van der Waals surface area contributed by atoms with E-state index in [0.717, 1.165) is 17.0 Å². The molecule has 0 radical (unpaired) electrons. The van der Waals surface area contributed by atoms with Crippen LogP contribution in [0.2, 0.25) is 5.02 Å². The zero-order valence-electron chi connectivity index (χ0n) is 19.3. The third-order valence-electron chi connectivity index (χ3n) is 5.34. The summed E-state index contributed by atoms with van der Waals surface area (Å²) in [7, 11) is -3.84. The van der Waals surface area contributed by atoms with Gasteiger partial charge in [-0.1, -0.05) is 36.7 Å². The highest BCUT2D eigenvalue weighted by molar-refractivity contribution is 7.92. The van der Waals surface area contributed by atoms with E-state index in [1.807, 2.05) is 6.92 Å². The van der Waals surface area contributed by atoms with E-state index in [1.165, 1.54) is 17.0 Å². The molecule has 11 heteroatoms. The maximum atomic E-state index is 13.5. The van der Waals surface area contributed by atoms with E-state index in [1.54, 1.807) is 37.3 Å². The van der Waals surface area contributed by atoms with Crippen LogP contribution in [0.4, 0.5) is 5.69 Å². The Hall–Kier alpha value is -2.98. The highest BCUT2D eigenvalue weighted by Crippen LogP contribution is 2.36. The third kappa shape index (κ3) is 6.12. The van der Waals surface area contributed by atoms with E-state index >= 15 is 0 Å². The molecule has 2 aromatic rings. The third-order valence-corrected chi connectivity index (χ3v) is 6.85. The Morgan fingerprint density at radius 1 is 1.15 bits per heavy atom. The van der Waals surface area contributed by atoms with Gasteiger partial charge in [0.2, 0.25) is 28.6 Å². The molecule has 3 rings (SSSR count). The fourth-order valence-electron chi connectivity index (χ4n) is 3.44. The van der Waals surface area contributed by atoms with E-state index < -0.39 is 28.5 Å². The minimum absolute atomic E-state index is 0.0343. The van der Waals surface area contributed by atoms with Crippen molar-refractivity contribution in [1.82, 2.24) is 10.2 Å². The molecule has 0 fully saturated rings. The van der Waals surface area contributed by atoms with Crippen LogP contribution in [0, 0.1) is 0 Å². The Morgan fingerprint density at radius 3 is 2.53 bits per heavy atom. The second-order valence-electron chi connectivity index (χ2n) is 7.89. The van der Waals surface area contributed by atoms with Gasteiger partial charge in [-0.05, 0) is 37.1 Å². The summed E-state index contributed by atoms with van der Waals surface area (Å²) in [6, 6.07) is 10.8. The molecule has 0 aliphatic carbocycles. The number of amides is 2. The zero-order valence-corrected chi connectivity index (χ0v) is 20.9. The number of halogens is 1. The molecule has 0 saturated heterocycles. The van der Waals surface area contributed by atoms with E-state index in [4.69, 9.17) is 21.1 Å². The van der Waals surface area contributed by atoms with E-state index in [9.17, 15) is 18.0 Å². The van der Waals surface area contributed by atoms with E-state index in [2.05, 4.69) is 5.32 Å². The number of sulfonamides is 1. The van der Waals surface area contributed by atoms with Gasteiger partial charge in [-0.3, -0.25) is 13.9 Å². The first-order valence-electron chi connectivity index (χ1n) is 10.8. The fraction of sp³-hybridized carbons (Fsp3) is 0.391. The molecule has 2 amide bonds. The summed E-state index contributed by atoms with van der Waals surface area (Å²) in [5.41, 5.74) is 0.891. The SMILES string of the molecule is CCCNC(=O)[C@@H](C)N(Cc1ccccc1Cl)C(=O)CN(c1ccc2c(c1)OCO2)S(C)(=O)=O. The van der Waals surface area contributed by atoms with Crippen molar-refractivity contribution in [3.8, 4) is 11.5 Å². The Labute approximate surface area is 204 Å². The standard InChI is InChI=1S/C23H28ClN3O6S/c1-4-11-25-23(29)16(2)26(13-17-7-5-6-8-19(17)24)22(28)14-27(34(3,30)31)18-9-10-20-21(12-18)33-15-32-20/h5-10,12,16H,4,11,13-15H2,1-3H3,(H,25,29)/t16-/m1/s1. The van der Waals surface area contributed by atoms with Gasteiger partial charge in [0.1, 0.15) is 12.6 Å². The van der Waals surface area contributed by atoms with Gasteiger partial charge in [0, 0.05) is 24.2 Å². The first-order chi connectivity index (χ1) is 16.1. The van der Waals surface area contributed by atoms with Crippen LogP contribution in [0.15, 0.2) is 42.5 Å². The minimum Gasteiger partial charge on any atom is -0.454 e. The van der Waals surface area contributed by atoms with Crippen molar-refractivity contribution in [2.45, 2.75) is 32.9 Å². The van der Waals surface area contributed by atoms with Crippen LogP contribution in [0.25, 0.3) is 0 Å². The molecule has 0 spiro atoms. The molecule has 0 aromatic heterocycles. The number of hydrogen-bond acceptors (Lipinski definition) is 6. The highest BCUT2D eigenvalue weighted by atomic mass is 35.5. The molecule has 0 unspecified atom stereocenters. The highest BCUT2D eigenvalue weighted by Gasteiger charge is 2.31. The van der Waals surface area contributed by atoms with Gasteiger partial charge in [-0.15, -0.1) is 0 Å². The molecule has 9 nitrogen and oxygen atoms in total. The number of ether oxygens (including phenoxy) is 2. The molecule has 1 aliphatic heterocycles. The number of fused-ring (bicyclic) bond motifs is 1. The maximum Gasteiger partial charge on any atom is 0.244 e. The topological polar surface area (TPSA) is 105 Å². The number of nitrogens with one attached hydrogen (secondary N) is 1. The maximum absolute atomic E-state index is 13.5. The lowest BCUT2D eigenvalue weighted by Gasteiger charge is -2.31. The Balaban J connectivity index is 1.91. The van der Waals surface area contributed by atoms with Crippen LogP contribution in [0.3, 0.4) is 0 Å². The van der Waals surface area contributed by atoms with Crippen LogP contribution in [0.1, 0.15) is 25.8 Å². The molecule has 0 bridgehead atoms. The van der Waals surface area contributed by atoms with Crippen molar-refractivity contribution in [3.63, 3.8) is 0 Å². The van der Waals surface area contributed by atoms with Crippen LogP contribution in [-0.4, -0.2) is 57.3 Å². The van der Waals surface area contributed by atoms with Crippen LogP contribution in [-0.2, 0) is 26.2 Å². The molecule has 1 atom stereocenters. The number of nitrogens with zero attached hydrogens (tertiary/aromatic N) is 2. The molecule has 34 heavy (non-hydrogen) atoms. The normalized spacial score (nSPS) is 13.3. The lowest BCUT2D eigenvalue weighted by Crippen LogP contribution is -2.51. The van der Waals surface area contributed by atoms with Crippen molar-refractivity contribution in [3.05, 3.63) is 53.1 Å². The number of carbonyl (C=O) groups excluding carboxylic acids is 2. The number of benzene rings is 2. The van der Waals surface area contributed by atoms with Gasteiger partial charge in [0.25, 0.3) is 0 Å². The predicted octanol–water partition coefficient (Wildman–Crippen LogP) is 2.78.